The third kappa shape index (κ3) is 5.54. The van der Waals surface area contributed by atoms with Crippen molar-refractivity contribution in [2.24, 2.45) is 5.10 Å². The number of rotatable bonds is 6. The molecule has 0 N–H and O–H groups in total. The number of hydrogen-bond acceptors (Lipinski definition) is 6. The number of para-hydroxylation sites is 3. The van der Waals surface area contributed by atoms with Gasteiger partial charge in [-0.25, -0.2) is 9.99 Å². The SMILES string of the molecule is C=C1c2ccc3c4ccccc4n(-c4nc(-c5ccccc5)nc(-c5ccccc5)n4)c3c2N(c2ccccc2)N=C(c2ccccc2)N1c1ccccc1. The first-order chi connectivity index (χ1) is 27.2. The summed E-state index contributed by atoms with van der Waals surface area (Å²) in [6.07, 6.45) is 0. The largest absolute Gasteiger partial charge is 0.293 e. The zero-order valence-corrected chi connectivity index (χ0v) is 29.7. The molecule has 0 saturated heterocycles. The average Bonchev–Trinajstić information content (AvgIpc) is 3.54. The van der Waals surface area contributed by atoms with Crippen LogP contribution in [0.4, 0.5) is 17.1 Å². The van der Waals surface area contributed by atoms with Gasteiger partial charge in [-0.05, 0) is 36.4 Å². The van der Waals surface area contributed by atoms with E-state index < -0.39 is 0 Å². The minimum atomic E-state index is 0.502. The Bertz CT molecular complexity index is 2810. The van der Waals surface area contributed by atoms with Gasteiger partial charge in [0.05, 0.1) is 22.4 Å². The van der Waals surface area contributed by atoms with Crippen molar-refractivity contribution in [3.63, 3.8) is 0 Å². The molecule has 0 radical (unpaired) electrons. The van der Waals surface area contributed by atoms with Crippen LogP contribution in [0.1, 0.15) is 11.1 Å². The minimum Gasteiger partial charge on any atom is -0.293 e. The molecule has 9 aromatic rings. The van der Waals surface area contributed by atoms with Crippen molar-refractivity contribution >= 4 is 50.4 Å². The number of nitrogens with zero attached hydrogens (tertiary/aromatic N) is 7. The van der Waals surface area contributed by atoms with Crippen LogP contribution in [0, 0.1) is 0 Å². The molecule has 0 fully saturated rings. The van der Waals surface area contributed by atoms with Crippen molar-refractivity contribution in [3.05, 3.63) is 206 Å². The van der Waals surface area contributed by atoms with E-state index in [2.05, 4.69) is 87.3 Å². The fraction of sp³-hybridized carbons (Fsp3) is 0. The van der Waals surface area contributed by atoms with Gasteiger partial charge >= 0.3 is 0 Å². The summed E-state index contributed by atoms with van der Waals surface area (Å²) >= 11 is 0. The van der Waals surface area contributed by atoms with Gasteiger partial charge in [-0.3, -0.25) is 9.47 Å². The van der Waals surface area contributed by atoms with Crippen LogP contribution in [0.25, 0.3) is 56.2 Å². The first-order valence-electron chi connectivity index (χ1n) is 18.2. The Morgan fingerprint density at radius 3 is 1.55 bits per heavy atom. The van der Waals surface area contributed by atoms with Crippen LogP contribution in [-0.2, 0) is 0 Å². The van der Waals surface area contributed by atoms with Crippen molar-refractivity contribution in [3.8, 4) is 28.7 Å². The molecule has 0 unspecified atom stereocenters. The number of hydrogen-bond donors (Lipinski definition) is 0. The fourth-order valence-corrected chi connectivity index (χ4v) is 7.42. The van der Waals surface area contributed by atoms with E-state index in [0.717, 1.165) is 72.7 Å². The number of benzene rings is 7. The molecule has 0 amide bonds. The first kappa shape index (κ1) is 32.0. The summed E-state index contributed by atoms with van der Waals surface area (Å²) in [4.78, 5) is 17.7. The number of fused-ring (bicyclic) bond motifs is 5. The Labute approximate surface area is 318 Å². The van der Waals surface area contributed by atoms with E-state index in [1.54, 1.807) is 0 Å². The molecule has 260 valence electrons. The van der Waals surface area contributed by atoms with E-state index in [9.17, 15) is 0 Å². The summed E-state index contributed by atoms with van der Waals surface area (Å²) in [5, 5.41) is 9.76. The van der Waals surface area contributed by atoms with E-state index in [-0.39, 0.29) is 0 Å². The lowest BCUT2D eigenvalue weighted by Crippen LogP contribution is -2.30. The molecule has 0 spiro atoms. The van der Waals surface area contributed by atoms with E-state index >= 15 is 0 Å². The van der Waals surface area contributed by atoms with Gasteiger partial charge < -0.3 is 0 Å². The molecule has 55 heavy (non-hydrogen) atoms. The quantitative estimate of drug-likeness (QED) is 0.172. The van der Waals surface area contributed by atoms with Gasteiger partial charge in [-0.2, -0.15) is 9.97 Å². The molecule has 7 nitrogen and oxygen atoms in total. The van der Waals surface area contributed by atoms with Crippen molar-refractivity contribution in [2.45, 2.75) is 0 Å². The predicted octanol–water partition coefficient (Wildman–Crippen LogP) is 11.3. The molecule has 0 aliphatic carbocycles. The van der Waals surface area contributed by atoms with Crippen LogP contribution in [0.2, 0.25) is 0 Å². The predicted molar refractivity (Wildman–Crippen MR) is 225 cm³/mol. The molecular weight excluding hydrogens is 675 g/mol. The third-order valence-electron chi connectivity index (χ3n) is 9.94. The molecule has 1 aliphatic heterocycles. The smallest absolute Gasteiger partial charge is 0.238 e. The maximum absolute atomic E-state index is 5.60. The molecule has 0 bridgehead atoms. The van der Waals surface area contributed by atoms with Gasteiger partial charge in [0.2, 0.25) is 5.95 Å². The van der Waals surface area contributed by atoms with Crippen molar-refractivity contribution in [1.82, 2.24) is 19.5 Å². The number of aromatic nitrogens is 4. The van der Waals surface area contributed by atoms with Crippen LogP contribution in [0.3, 0.4) is 0 Å². The van der Waals surface area contributed by atoms with Gasteiger partial charge in [0, 0.05) is 44.4 Å². The fourth-order valence-electron chi connectivity index (χ4n) is 7.42. The second-order valence-electron chi connectivity index (χ2n) is 13.3. The van der Waals surface area contributed by atoms with Crippen molar-refractivity contribution in [2.75, 3.05) is 9.91 Å². The monoisotopic (exact) mass is 707 g/mol. The highest BCUT2D eigenvalue weighted by Crippen LogP contribution is 2.47. The Morgan fingerprint density at radius 1 is 0.436 bits per heavy atom. The topological polar surface area (TPSA) is 62.4 Å². The third-order valence-corrected chi connectivity index (χ3v) is 9.94. The van der Waals surface area contributed by atoms with Crippen LogP contribution >= 0.6 is 0 Å². The Kier molecular flexibility index (Phi) is 7.81. The second kappa shape index (κ2) is 13.4. The second-order valence-corrected chi connectivity index (χ2v) is 13.3. The number of hydrazone groups is 1. The zero-order chi connectivity index (χ0) is 36.7. The lowest BCUT2D eigenvalue weighted by molar-refractivity contribution is 0.950. The highest BCUT2D eigenvalue weighted by molar-refractivity contribution is 6.22. The van der Waals surface area contributed by atoms with Gasteiger partial charge in [0.15, 0.2) is 17.5 Å². The van der Waals surface area contributed by atoms with Crippen molar-refractivity contribution in [1.29, 1.82) is 0 Å². The van der Waals surface area contributed by atoms with Crippen LogP contribution in [-0.4, -0.2) is 25.4 Å². The van der Waals surface area contributed by atoms with Crippen LogP contribution in [0.15, 0.2) is 200 Å². The van der Waals surface area contributed by atoms with Gasteiger partial charge in [0.25, 0.3) is 0 Å². The first-order valence-corrected chi connectivity index (χ1v) is 18.2. The normalized spacial score (nSPS) is 12.8. The molecule has 0 saturated carbocycles. The maximum atomic E-state index is 5.60. The van der Waals surface area contributed by atoms with E-state index in [1.807, 2.05) is 115 Å². The van der Waals surface area contributed by atoms with E-state index in [0.29, 0.717) is 17.6 Å². The molecule has 1 aliphatic rings. The Morgan fingerprint density at radius 2 is 0.945 bits per heavy atom. The molecule has 3 heterocycles. The van der Waals surface area contributed by atoms with Gasteiger partial charge in [-0.15, -0.1) is 5.10 Å². The summed E-state index contributed by atoms with van der Waals surface area (Å²) in [5.74, 6) is 2.41. The summed E-state index contributed by atoms with van der Waals surface area (Å²) in [6, 6.07) is 63.8. The zero-order valence-electron chi connectivity index (χ0n) is 29.7. The lowest BCUT2D eigenvalue weighted by atomic mass is 10.0. The van der Waals surface area contributed by atoms with Crippen LogP contribution in [0.5, 0.6) is 0 Å². The minimum absolute atomic E-state index is 0.502. The van der Waals surface area contributed by atoms with Gasteiger partial charge in [-0.1, -0.05) is 158 Å². The van der Waals surface area contributed by atoms with E-state index in [4.69, 9.17) is 26.6 Å². The molecule has 2 aromatic heterocycles. The Hall–Kier alpha value is -7.64. The van der Waals surface area contributed by atoms with Gasteiger partial charge in [0.1, 0.15) is 0 Å². The summed E-state index contributed by atoms with van der Waals surface area (Å²) in [7, 11) is 0. The summed E-state index contributed by atoms with van der Waals surface area (Å²) < 4.78 is 2.17. The highest BCUT2D eigenvalue weighted by atomic mass is 15.5. The molecule has 0 atom stereocenters. The van der Waals surface area contributed by atoms with E-state index in [1.165, 1.54) is 0 Å². The van der Waals surface area contributed by atoms with Crippen LogP contribution < -0.4 is 9.91 Å². The molecular formula is C48H33N7. The summed E-state index contributed by atoms with van der Waals surface area (Å²) in [6.45, 7) is 4.82. The number of amidine groups is 1. The maximum Gasteiger partial charge on any atom is 0.238 e. The lowest BCUT2D eigenvalue weighted by Gasteiger charge is -2.27. The standard InChI is InChI=1S/C48H33N7/c1-33-39-31-32-41-40-29-17-18-30-42(40)54(48-50-45(34-19-7-2-8-20-34)49-46(51-48)35-21-9-3-10-22-35)43(41)44(39)55(38-27-15-6-16-28-38)52-47(36-23-11-4-12-24-36)53(33)37-25-13-5-14-26-37/h2-32H,1H2. The van der Waals surface area contributed by atoms with Crippen molar-refractivity contribution < 1.29 is 0 Å². The Balaban J connectivity index is 1.34. The molecule has 7 aromatic carbocycles. The number of anilines is 3. The molecule has 10 rings (SSSR count). The highest BCUT2D eigenvalue weighted by Gasteiger charge is 2.32. The average molecular weight is 708 g/mol. The molecule has 7 heteroatoms. The summed E-state index contributed by atoms with van der Waals surface area (Å²) in [5.41, 5.74) is 9.03.